The predicted molar refractivity (Wildman–Crippen MR) is 95.4 cm³/mol. The van der Waals surface area contributed by atoms with E-state index in [0.29, 0.717) is 16.9 Å². The topological polar surface area (TPSA) is 91.0 Å². The fourth-order valence-electron chi connectivity index (χ4n) is 2.49. The molecular formula is C18H19N5O3. The lowest BCUT2D eigenvalue weighted by atomic mass is 10.2. The van der Waals surface area contributed by atoms with Crippen molar-refractivity contribution >= 4 is 17.7 Å². The van der Waals surface area contributed by atoms with Crippen molar-refractivity contribution in [2.45, 2.75) is 13.8 Å². The number of anilines is 1. The summed E-state index contributed by atoms with van der Waals surface area (Å²) < 4.78 is 8.18. The number of ether oxygens (including phenoxy) is 1. The monoisotopic (exact) mass is 353 g/mol. The molecule has 0 aliphatic heterocycles. The second-order valence-electron chi connectivity index (χ2n) is 5.60. The van der Waals surface area contributed by atoms with E-state index in [1.165, 1.54) is 17.1 Å². The van der Waals surface area contributed by atoms with Crippen LogP contribution >= 0.6 is 0 Å². The van der Waals surface area contributed by atoms with E-state index in [9.17, 15) is 9.59 Å². The Kier molecular flexibility index (Phi) is 4.83. The molecule has 0 saturated heterocycles. The third-order valence-corrected chi connectivity index (χ3v) is 3.98. The molecule has 134 valence electrons. The Hall–Kier alpha value is -3.42. The minimum atomic E-state index is -0.548. The third-order valence-electron chi connectivity index (χ3n) is 3.98. The summed E-state index contributed by atoms with van der Waals surface area (Å²) in [5.41, 5.74) is 2.03. The van der Waals surface area contributed by atoms with E-state index < -0.39 is 5.97 Å². The van der Waals surface area contributed by atoms with Crippen molar-refractivity contribution < 1.29 is 14.3 Å². The van der Waals surface area contributed by atoms with Crippen LogP contribution in [-0.4, -0.2) is 38.0 Å². The van der Waals surface area contributed by atoms with Gasteiger partial charge < -0.3 is 10.1 Å². The summed E-state index contributed by atoms with van der Waals surface area (Å²) in [5, 5.41) is 11.1. The van der Waals surface area contributed by atoms with Crippen LogP contribution in [0.15, 0.2) is 42.7 Å². The number of hydrogen-bond donors (Lipinski definition) is 1. The molecule has 0 aliphatic rings. The van der Waals surface area contributed by atoms with E-state index in [2.05, 4.69) is 15.5 Å². The van der Waals surface area contributed by atoms with E-state index in [1.807, 2.05) is 30.3 Å². The molecule has 0 saturated carbocycles. The number of rotatable bonds is 5. The van der Waals surface area contributed by atoms with Crippen LogP contribution < -0.4 is 5.32 Å². The van der Waals surface area contributed by atoms with Crippen LogP contribution in [0.25, 0.3) is 5.69 Å². The number of carbonyl (C=O) groups is 2. The summed E-state index contributed by atoms with van der Waals surface area (Å²) in [6.45, 7) is 3.74. The SMILES string of the molecule is CCOC(=O)c1cnn(-c2ccccc2)c1NC(=O)c1cnn(C)c1C. The van der Waals surface area contributed by atoms with Crippen LogP contribution in [0.2, 0.25) is 0 Å². The molecule has 0 spiro atoms. The first-order valence-electron chi connectivity index (χ1n) is 8.13. The molecule has 2 aromatic heterocycles. The molecule has 0 unspecified atom stereocenters. The van der Waals surface area contributed by atoms with Gasteiger partial charge in [0.2, 0.25) is 0 Å². The highest BCUT2D eigenvalue weighted by molar-refractivity contribution is 6.07. The standard InChI is InChI=1S/C18H19N5O3/c1-4-26-18(25)15-11-20-23(13-8-6-5-7-9-13)16(15)21-17(24)14-10-19-22(3)12(14)2/h5-11H,4H2,1-3H3,(H,21,24). The molecule has 3 rings (SSSR count). The zero-order valence-corrected chi connectivity index (χ0v) is 14.8. The molecule has 0 radical (unpaired) electrons. The average molecular weight is 353 g/mol. The molecule has 0 fully saturated rings. The third kappa shape index (κ3) is 3.21. The lowest BCUT2D eigenvalue weighted by Gasteiger charge is -2.11. The number of nitrogens with zero attached hydrogens (tertiary/aromatic N) is 4. The molecule has 0 aliphatic carbocycles. The Balaban J connectivity index is 2.02. The van der Waals surface area contributed by atoms with Gasteiger partial charge in [-0.15, -0.1) is 0 Å². The molecule has 8 nitrogen and oxygen atoms in total. The molecule has 8 heteroatoms. The Morgan fingerprint density at radius 3 is 2.42 bits per heavy atom. The molecule has 1 amide bonds. The van der Waals surface area contributed by atoms with Gasteiger partial charge in [-0.2, -0.15) is 10.2 Å². The maximum Gasteiger partial charge on any atom is 0.343 e. The van der Waals surface area contributed by atoms with Gasteiger partial charge in [-0.05, 0) is 26.0 Å². The number of amides is 1. The van der Waals surface area contributed by atoms with Gasteiger partial charge >= 0.3 is 5.97 Å². The first-order valence-corrected chi connectivity index (χ1v) is 8.13. The summed E-state index contributed by atoms with van der Waals surface area (Å²) in [6.07, 6.45) is 2.87. The number of aromatic nitrogens is 4. The van der Waals surface area contributed by atoms with Gasteiger partial charge in [0, 0.05) is 12.7 Å². The zero-order chi connectivity index (χ0) is 18.7. The number of esters is 1. The van der Waals surface area contributed by atoms with Gasteiger partial charge in [0.25, 0.3) is 5.91 Å². The molecule has 2 heterocycles. The Bertz CT molecular complexity index is 943. The highest BCUT2D eigenvalue weighted by Crippen LogP contribution is 2.22. The van der Waals surface area contributed by atoms with Gasteiger partial charge in [0.1, 0.15) is 5.56 Å². The molecule has 0 atom stereocenters. The maximum atomic E-state index is 12.7. The summed E-state index contributed by atoms with van der Waals surface area (Å²) in [4.78, 5) is 25.0. The van der Waals surface area contributed by atoms with Gasteiger partial charge in [-0.1, -0.05) is 18.2 Å². The van der Waals surface area contributed by atoms with E-state index >= 15 is 0 Å². The number of benzene rings is 1. The van der Waals surface area contributed by atoms with Crippen molar-refractivity contribution in [1.29, 1.82) is 0 Å². The van der Waals surface area contributed by atoms with Crippen molar-refractivity contribution in [3.63, 3.8) is 0 Å². The van der Waals surface area contributed by atoms with Gasteiger partial charge in [0.05, 0.1) is 30.3 Å². The van der Waals surface area contributed by atoms with Crippen LogP contribution in [-0.2, 0) is 11.8 Å². The number of para-hydroxylation sites is 1. The van der Waals surface area contributed by atoms with E-state index in [4.69, 9.17) is 4.74 Å². The molecular weight excluding hydrogens is 334 g/mol. The predicted octanol–water partition coefficient (Wildman–Crippen LogP) is 2.34. The Morgan fingerprint density at radius 1 is 1.12 bits per heavy atom. The maximum absolute atomic E-state index is 12.7. The molecule has 0 bridgehead atoms. The van der Waals surface area contributed by atoms with Crippen molar-refractivity contribution in [3.05, 3.63) is 59.5 Å². The molecule has 3 aromatic rings. The highest BCUT2D eigenvalue weighted by Gasteiger charge is 2.23. The van der Waals surface area contributed by atoms with E-state index in [1.54, 1.807) is 25.6 Å². The quantitative estimate of drug-likeness (QED) is 0.711. The van der Waals surface area contributed by atoms with Crippen LogP contribution in [0.5, 0.6) is 0 Å². The highest BCUT2D eigenvalue weighted by atomic mass is 16.5. The largest absolute Gasteiger partial charge is 0.462 e. The van der Waals surface area contributed by atoms with Crippen molar-refractivity contribution in [2.24, 2.45) is 7.05 Å². The lowest BCUT2D eigenvalue weighted by molar-refractivity contribution is 0.0527. The fourth-order valence-corrected chi connectivity index (χ4v) is 2.49. The van der Waals surface area contributed by atoms with Gasteiger partial charge in [-0.25, -0.2) is 9.48 Å². The second-order valence-corrected chi connectivity index (χ2v) is 5.60. The summed E-state index contributed by atoms with van der Waals surface area (Å²) in [7, 11) is 1.75. The van der Waals surface area contributed by atoms with E-state index in [-0.39, 0.29) is 23.9 Å². The fraction of sp³-hybridized carbons (Fsp3) is 0.222. The summed E-state index contributed by atoms with van der Waals surface area (Å²) in [5.74, 6) is -0.672. The van der Waals surface area contributed by atoms with Crippen LogP contribution in [0.4, 0.5) is 5.82 Å². The Labute approximate surface area is 150 Å². The minimum absolute atomic E-state index is 0.186. The summed E-state index contributed by atoms with van der Waals surface area (Å²) in [6, 6.07) is 9.21. The van der Waals surface area contributed by atoms with Gasteiger partial charge in [0.15, 0.2) is 5.82 Å². The van der Waals surface area contributed by atoms with Crippen LogP contribution in [0.3, 0.4) is 0 Å². The van der Waals surface area contributed by atoms with Crippen molar-refractivity contribution in [1.82, 2.24) is 19.6 Å². The van der Waals surface area contributed by atoms with Crippen molar-refractivity contribution in [2.75, 3.05) is 11.9 Å². The summed E-state index contributed by atoms with van der Waals surface area (Å²) >= 11 is 0. The molecule has 1 N–H and O–H groups in total. The molecule has 26 heavy (non-hydrogen) atoms. The van der Waals surface area contributed by atoms with Crippen molar-refractivity contribution in [3.8, 4) is 5.69 Å². The number of aryl methyl sites for hydroxylation is 1. The zero-order valence-electron chi connectivity index (χ0n) is 14.8. The Morgan fingerprint density at radius 2 is 1.81 bits per heavy atom. The number of carbonyl (C=O) groups excluding carboxylic acids is 2. The van der Waals surface area contributed by atoms with Crippen LogP contribution in [0.1, 0.15) is 33.3 Å². The van der Waals surface area contributed by atoms with E-state index in [0.717, 1.165) is 0 Å². The lowest BCUT2D eigenvalue weighted by Crippen LogP contribution is -2.18. The molecule has 1 aromatic carbocycles. The number of hydrogen-bond acceptors (Lipinski definition) is 5. The first kappa shape index (κ1) is 17.4. The van der Waals surface area contributed by atoms with Crippen LogP contribution in [0, 0.1) is 6.92 Å². The normalized spacial score (nSPS) is 10.6. The minimum Gasteiger partial charge on any atom is -0.462 e. The number of nitrogens with one attached hydrogen (secondary N) is 1. The van der Waals surface area contributed by atoms with Gasteiger partial charge in [-0.3, -0.25) is 9.48 Å². The smallest absolute Gasteiger partial charge is 0.343 e. The first-order chi connectivity index (χ1) is 12.5. The second kappa shape index (κ2) is 7.22. The average Bonchev–Trinajstić information content (AvgIpc) is 3.20.